The van der Waals surface area contributed by atoms with Crippen LogP contribution in [0.25, 0.3) is 11.2 Å². The number of hydrogen-bond donors (Lipinski definition) is 1. The molecule has 0 spiro atoms. The molecule has 1 aromatic carbocycles. The van der Waals surface area contributed by atoms with Gasteiger partial charge >= 0.3 is 0 Å². The number of rotatable bonds is 2. The largest absolute Gasteiger partial charge is 0.438 e. The lowest BCUT2D eigenvalue weighted by molar-refractivity contribution is 0.463. The van der Waals surface area contributed by atoms with E-state index in [4.69, 9.17) is 15.7 Å². The molecule has 6 nitrogen and oxygen atoms in total. The lowest BCUT2D eigenvalue weighted by Crippen LogP contribution is -1.94. The van der Waals surface area contributed by atoms with E-state index >= 15 is 0 Å². The molecule has 0 aliphatic rings. The molecule has 0 unspecified atom stereocenters. The van der Waals surface area contributed by atoms with E-state index in [9.17, 15) is 0 Å². The van der Waals surface area contributed by atoms with Crippen LogP contribution in [0.2, 0.25) is 0 Å². The lowest BCUT2D eigenvalue weighted by atomic mass is 10.2. The molecule has 3 rings (SSSR count). The van der Waals surface area contributed by atoms with Crippen LogP contribution < -0.4 is 10.5 Å². The first-order chi connectivity index (χ1) is 9.76. The van der Waals surface area contributed by atoms with Gasteiger partial charge in [-0.1, -0.05) is 0 Å². The number of ether oxygens (including phenoxy) is 1. The zero-order chi connectivity index (χ0) is 13.9. The maximum atomic E-state index is 9.06. The highest BCUT2D eigenvalue weighted by molar-refractivity contribution is 5.69. The van der Waals surface area contributed by atoms with Gasteiger partial charge in [0.2, 0.25) is 5.88 Å². The van der Waals surface area contributed by atoms with Crippen LogP contribution in [0.4, 0.5) is 5.69 Å². The molecule has 6 heteroatoms. The third-order valence-electron chi connectivity index (χ3n) is 2.64. The third kappa shape index (κ3) is 2.20. The monoisotopic (exact) mass is 263 g/mol. The van der Waals surface area contributed by atoms with Crippen LogP contribution in [0.15, 0.2) is 42.7 Å². The number of nitrogens with zero attached hydrogens (tertiary/aromatic N) is 4. The smallest absolute Gasteiger partial charge is 0.221 e. The van der Waals surface area contributed by atoms with E-state index in [1.165, 1.54) is 0 Å². The summed E-state index contributed by atoms with van der Waals surface area (Å²) in [4.78, 5) is 12.5. The maximum absolute atomic E-state index is 9.06. The summed E-state index contributed by atoms with van der Waals surface area (Å²) in [5.41, 5.74) is 7.65. The van der Waals surface area contributed by atoms with Gasteiger partial charge in [-0.3, -0.25) is 4.98 Å². The Balaban J connectivity index is 1.99. The van der Waals surface area contributed by atoms with Crippen molar-refractivity contribution in [2.75, 3.05) is 5.73 Å². The van der Waals surface area contributed by atoms with E-state index in [0.29, 0.717) is 34.0 Å². The number of hydrogen-bond acceptors (Lipinski definition) is 6. The number of nitriles is 1. The molecule has 0 saturated heterocycles. The molecule has 20 heavy (non-hydrogen) atoms. The molecular formula is C14H9N5O. The van der Waals surface area contributed by atoms with E-state index in [2.05, 4.69) is 15.0 Å². The van der Waals surface area contributed by atoms with Gasteiger partial charge in [0.1, 0.15) is 17.3 Å². The molecule has 2 aromatic heterocycles. The summed E-state index contributed by atoms with van der Waals surface area (Å²) in [7, 11) is 0. The summed E-state index contributed by atoms with van der Waals surface area (Å²) < 4.78 is 5.61. The van der Waals surface area contributed by atoms with Crippen molar-refractivity contribution in [2.45, 2.75) is 0 Å². The van der Waals surface area contributed by atoms with Gasteiger partial charge in [0, 0.05) is 24.1 Å². The van der Waals surface area contributed by atoms with E-state index < -0.39 is 0 Å². The standard InChI is InChI=1S/C14H9N5O/c15-8-9-7-10(16)1-3-12(9)20-13-4-2-11-14(19-13)18-6-5-17-11/h1-7H,16H2. The highest BCUT2D eigenvalue weighted by Gasteiger charge is 2.07. The molecule has 3 aromatic rings. The topological polar surface area (TPSA) is 97.7 Å². The minimum absolute atomic E-state index is 0.347. The van der Waals surface area contributed by atoms with Crippen LogP contribution in [0.3, 0.4) is 0 Å². The Morgan fingerprint density at radius 2 is 1.95 bits per heavy atom. The zero-order valence-electron chi connectivity index (χ0n) is 10.3. The van der Waals surface area contributed by atoms with Gasteiger partial charge in [0.25, 0.3) is 0 Å². The molecule has 0 fully saturated rings. The van der Waals surface area contributed by atoms with Crippen molar-refractivity contribution >= 4 is 16.9 Å². The van der Waals surface area contributed by atoms with E-state index in [1.807, 2.05) is 6.07 Å². The van der Waals surface area contributed by atoms with Crippen molar-refractivity contribution < 1.29 is 4.74 Å². The van der Waals surface area contributed by atoms with E-state index in [-0.39, 0.29) is 0 Å². The first-order valence-corrected chi connectivity index (χ1v) is 5.81. The molecule has 2 N–H and O–H groups in total. The second-order valence-corrected chi connectivity index (χ2v) is 4.02. The average Bonchev–Trinajstić information content (AvgIpc) is 2.49. The van der Waals surface area contributed by atoms with Gasteiger partial charge in [-0.05, 0) is 24.3 Å². The summed E-state index contributed by atoms with van der Waals surface area (Å²) in [5.74, 6) is 0.747. The Morgan fingerprint density at radius 1 is 1.10 bits per heavy atom. The van der Waals surface area contributed by atoms with Crippen LogP contribution in [0, 0.1) is 11.3 Å². The summed E-state index contributed by atoms with van der Waals surface area (Å²) in [5, 5.41) is 9.06. The zero-order valence-corrected chi connectivity index (χ0v) is 10.3. The Kier molecular flexibility index (Phi) is 2.86. The van der Waals surface area contributed by atoms with Crippen molar-refractivity contribution in [1.29, 1.82) is 5.26 Å². The number of pyridine rings is 1. The highest BCUT2D eigenvalue weighted by atomic mass is 16.5. The number of anilines is 1. The van der Waals surface area contributed by atoms with Gasteiger partial charge in [-0.2, -0.15) is 10.2 Å². The predicted octanol–water partition coefficient (Wildman–Crippen LogP) is 2.27. The Labute approximate surface area is 114 Å². The van der Waals surface area contributed by atoms with Gasteiger partial charge in [-0.15, -0.1) is 0 Å². The Bertz CT molecular complexity index is 825. The summed E-state index contributed by atoms with van der Waals surface area (Å²) in [6, 6.07) is 10.3. The Morgan fingerprint density at radius 3 is 2.80 bits per heavy atom. The van der Waals surface area contributed by atoms with Gasteiger partial charge in [0.05, 0.1) is 5.56 Å². The number of nitrogen functional groups attached to an aromatic ring is 1. The van der Waals surface area contributed by atoms with Crippen LogP contribution >= 0.6 is 0 Å². The van der Waals surface area contributed by atoms with Crippen LogP contribution in [-0.4, -0.2) is 15.0 Å². The normalized spacial score (nSPS) is 10.2. The van der Waals surface area contributed by atoms with Crippen LogP contribution in [0.5, 0.6) is 11.6 Å². The van der Waals surface area contributed by atoms with Crippen molar-refractivity contribution in [2.24, 2.45) is 0 Å². The number of aromatic nitrogens is 3. The van der Waals surface area contributed by atoms with Crippen LogP contribution in [0.1, 0.15) is 5.56 Å². The van der Waals surface area contributed by atoms with E-state index in [1.54, 1.807) is 42.7 Å². The fraction of sp³-hybridized carbons (Fsp3) is 0. The van der Waals surface area contributed by atoms with Crippen molar-refractivity contribution in [3.05, 3.63) is 48.3 Å². The SMILES string of the molecule is N#Cc1cc(N)ccc1Oc1ccc2nccnc2n1. The first-order valence-electron chi connectivity index (χ1n) is 5.81. The molecule has 0 aliphatic carbocycles. The maximum Gasteiger partial charge on any atom is 0.221 e. The number of nitrogens with two attached hydrogens (primary N) is 1. The molecule has 0 amide bonds. The second-order valence-electron chi connectivity index (χ2n) is 4.02. The number of benzene rings is 1. The molecule has 0 saturated carbocycles. The molecule has 96 valence electrons. The minimum Gasteiger partial charge on any atom is -0.438 e. The molecule has 2 heterocycles. The minimum atomic E-state index is 0.347. The second kappa shape index (κ2) is 4.82. The first kappa shape index (κ1) is 11.9. The fourth-order valence-corrected chi connectivity index (χ4v) is 1.73. The van der Waals surface area contributed by atoms with Crippen molar-refractivity contribution in [3.63, 3.8) is 0 Å². The molecule has 0 atom stereocenters. The predicted molar refractivity (Wildman–Crippen MR) is 73.0 cm³/mol. The molecule has 0 bridgehead atoms. The summed E-state index contributed by atoms with van der Waals surface area (Å²) >= 11 is 0. The van der Waals surface area contributed by atoms with Gasteiger partial charge < -0.3 is 10.5 Å². The van der Waals surface area contributed by atoms with Gasteiger partial charge in [-0.25, -0.2) is 4.98 Å². The number of fused-ring (bicyclic) bond motifs is 1. The lowest BCUT2D eigenvalue weighted by Gasteiger charge is -2.07. The van der Waals surface area contributed by atoms with E-state index in [0.717, 1.165) is 0 Å². The summed E-state index contributed by atoms with van der Waals surface area (Å²) in [6.07, 6.45) is 3.15. The molecule has 0 radical (unpaired) electrons. The summed E-state index contributed by atoms with van der Waals surface area (Å²) in [6.45, 7) is 0. The molecular weight excluding hydrogens is 254 g/mol. The van der Waals surface area contributed by atoms with Crippen molar-refractivity contribution in [1.82, 2.24) is 15.0 Å². The average molecular weight is 263 g/mol. The van der Waals surface area contributed by atoms with Gasteiger partial charge in [0.15, 0.2) is 5.65 Å². The van der Waals surface area contributed by atoms with Crippen molar-refractivity contribution in [3.8, 4) is 17.7 Å². The third-order valence-corrected chi connectivity index (χ3v) is 2.64. The molecule has 0 aliphatic heterocycles. The highest BCUT2D eigenvalue weighted by Crippen LogP contribution is 2.26. The fourth-order valence-electron chi connectivity index (χ4n) is 1.73. The quantitative estimate of drug-likeness (QED) is 0.712. The van der Waals surface area contributed by atoms with Crippen LogP contribution in [-0.2, 0) is 0 Å². The Hall–Kier alpha value is -3.20.